The first kappa shape index (κ1) is 13.9. The molecule has 0 bridgehead atoms. The lowest BCUT2D eigenvalue weighted by molar-refractivity contribution is 0.0691. The summed E-state index contributed by atoms with van der Waals surface area (Å²) in [7, 11) is 0. The number of nitrogens with zero attached hydrogens (tertiary/aromatic N) is 3. The molecule has 3 heterocycles. The summed E-state index contributed by atoms with van der Waals surface area (Å²) < 4.78 is 0. The molecule has 8 heteroatoms. The summed E-state index contributed by atoms with van der Waals surface area (Å²) in [6.45, 7) is 2.55. The van der Waals surface area contributed by atoms with Gasteiger partial charge in [0.1, 0.15) is 22.0 Å². The molecule has 3 rings (SSSR count). The number of aryl methyl sites for hydroxylation is 1. The number of thiazole rings is 1. The Kier molecular flexibility index (Phi) is 3.80. The van der Waals surface area contributed by atoms with Gasteiger partial charge in [-0.25, -0.2) is 19.7 Å². The van der Waals surface area contributed by atoms with Gasteiger partial charge in [-0.1, -0.05) is 6.92 Å². The quantitative estimate of drug-likeness (QED) is 0.751. The molecule has 21 heavy (non-hydrogen) atoms. The van der Waals surface area contributed by atoms with Crippen molar-refractivity contribution in [2.75, 3.05) is 5.32 Å². The third-order valence-electron chi connectivity index (χ3n) is 2.91. The second-order valence-corrected chi connectivity index (χ2v) is 6.35. The number of nitrogens with one attached hydrogen (secondary N) is 1. The first-order valence-electron chi connectivity index (χ1n) is 6.32. The number of carboxylic acid groups (broad SMARTS) is 1. The van der Waals surface area contributed by atoms with Crippen molar-refractivity contribution in [1.82, 2.24) is 15.0 Å². The van der Waals surface area contributed by atoms with Gasteiger partial charge >= 0.3 is 5.97 Å². The summed E-state index contributed by atoms with van der Waals surface area (Å²) in [5, 5.41) is 15.3. The molecule has 0 atom stereocenters. The van der Waals surface area contributed by atoms with Crippen LogP contribution in [0.2, 0.25) is 0 Å². The lowest BCUT2D eigenvalue weighted by Gasteiger charge is -2.03. The molecule has 0 amide bonds. The standard InChI is InChI=1S/C13H12N4O2S2/c1-2-7-3-8-11(15-6-16-12(8)21-7)14-4-10-17-9(5-20-10)13(18)19/h3,5-6H,2,4H2,1H3,(H,18,19)(H,14,15,16). The number of thiophene rings is 1. The molecule has 3 aromatic rings. The van der Waals surface area contributed by atoms with Crippen molar-refractivity contribution in [3.05, 3.63) is 33.4 Å². The van der Waals surface area contributed by atoms with Crippen molar-refractivity contribution in [2.45, 2.75) is 19.9 Å². The summed E-state index contributed by atoms with van der Waals surface area (Å²) in [6, 6.07) is 2.09. The van der Waals surface area contributed by atoms with E-state index in [0.717, 1.165) is 22.5 Å². The van der Waals surface area contributed by atoms with E-state index in [2.05, 4.69) is 33.3 Å². The number of anilines is 1. The molecular formula is C13H12N4O2S2. The van der Waals surface area contributed by atoms with Crippen molar-refractivity contribution in [3.8, 4) is 0 Å². The third kappa shape index (κ3) is 2.86. The van der Waals surface area contributed by atoms with Crippen molar-refractivity contribution < 1.29 is 9.90 Å². The van der Waals surface area contributed by atoms with Crippen LogP contribution in [0, 0.1) is 0 Å². The van der Waals surface area contributed by atoms with Crippen LogP contribution in [0.25, 0.3) is 10.2 Å². The number of carboxylic acids is 1. The first-order valence-corrected chi connectivity index (χ1v) is 8.02. The van der Waals surface area contributed by atoms with Gasteiger partial charge in [0.15, 0.2) is 5.69 Å². The molecule has 0 aromatic carbocycles. The van der Waals surface area contributed by atoms with Gasteiger partial charge in [0.25, 0.3) is 0 Å². The first-order chi connectivity index (χ1) is 10.2. The van der Waals surface area contributed by atoms with E-state index >= 15 is 0 Å². The Labute approximate surface area is 128 Å². The summed E-state index contributed by atoms with van der Waals surface area (Å²) in [5.41, 5.74) is 0.0773. The fourth-order valence-electron chi connectivity index (χ4n) is 1.87. The van der Waals surface area contributed by atoms with Gasteiger partial charge in [0, 0.05) is 10.3 Å². The minimum absolute atomic E-state index is 0.0773. The van der Waals surface area contributed by atoms with Crippen LogP contribution in [0.5, 0.6) is 0 Å². The van der Waals surface area contributed by atoms with E-state index in [-0.39, 0.29) is 5.69 Å². The van der Waals surface area contributed by atoms with Gasteiger partial charge in [0.05, 0.1) is 11.9 Å². The molecule has 0 aliphatic heterocycles. The Morgan fingerprint density at radius 3 is 3.00 bits per heavy atom. The Morgan fingerprint density at radius 2 is 2.29 bits per heavy atom. The van der Waals surface area contributed by atoms with Gasteiger partial charge in [-0.3, -0.25) is 0 Å². The smallest absolute Gasteiger partial charge is 0.355 e. The van der Waals surface area contributed by atoms with Gasteiger partial charge < -0.3 is 10.4 Å². The normalized spacial score (nSPS) is 10.9. The molecule has 0 saturated heterocycles. The van der Waals surface area contributed by atoms with E-state index < -0.39 is 5.97 Å². The van der Waals surface area contributed by atoms with Gasteiger partial charge in [0.2, 0.25) is 0 Å². The molecule has 0 spiro atoms. The molecule has 0 unspecified atom stereocenters. The molecule has 0 aliphatic carbocycles. The van der Waals surface area contributed by atoms with E-state index in [4.69, 9.17) is 5.11 Å². The molecule has 2 N–H and O–H groups in total. The maximum absolute atomic E-state index is 10.8. The Morgan fingerprint density at radius 1 is 1.43 bits per heavy atom. The second kappa shape index (κ2) is 5.74. The Hall–Kier alpha value is -2.06. The number of rotatable bonds is 5. The number of hydrogen-bond donors (Lipinski definition) is 2. The minimum Gasteiger partial charge on any atom is -0.476 e. The number of carbonyl (C=O) groups is 1. The Bertz CT molecular complexity index is 796. The van der Waals surface area contributed by atoms with Crippen LogP contribution in [0.4, 0.5) is 5.82 Å². The van der Waals surface area contributed by atoms with Crippen molar-refractivity contribution in [3.63, 3.8) is 0 Å². The maximum Gasteiger partial charge on any atom is 0.355 e. The van der Waals surface area contributed by atoms with Gasteiger partial charge in [-0.2, -0.15) is 0 Å². The Balaban J connectivity index is 1.81. The molecular weight excluding hydrogens is 308 g/mol. The third-order valence-corrected chi connectivity index (χ3v) is 4.94. The number of aromatic nitrogens is 3. The van der Waals surface area contributed by atoms with E-state index in [9.17, 15) is 4.79 Å². The fraction of sp³-hybridized carbons (Fsp3) is 0.231. The average Bonchev–Trinajstić information content (AvgIpc) is 3.11. The lowest BCUT2D eigenvalue weighted by Crippen LogP contribution is -2.03. The highest BCUT2D eigenvalue weighted by molar-refractivity contribution is 7.18. The van der Waals surface area contributed by atoms with Crippen LogP contribution in [-0.2, 0) is 13.0 Å². The predicted molar refractivity (Wildman–Crippen MR) is 83.2 cm³/mol. The van der Waals surface area contributed by atoms with Crippen LogP contribution in [0.15, 0.2) is 17.8 Å². The summed E-state index contributed by atoms with van der Waals surface area (Å²) >= 11 is 2.98. The highest BCUT2D eigenvalue weighted by Crippen LogP contribution is 2.28. The van der Waals surface area contributed by atoms with Crippen LogP contribution in [-0.4, -0.2) is 26.0 Å². The average molecular weight is 320 g/mol. The summed E-state index contributed by atoms with van der Waals surface area (Å²) in [5.74, 6) is -0.254. The van der Waals surface area contributed by atoms with Crippen LogP contribution in [0.1, 0.15) is 27.3 Å². The number of hydrogen-bond acceptors (Lipinski definition) is 7. The van der Waals surface area contributed by atoms with Crippen molar-refractivity contribution in [2.24, 2.45) is 0 Å². The molecule has 0 fully saturated rings. The largest absolute Gasteiger partial charge is 0.476 e. The predicted octanol–water partition coefficient (Wildman–Crippen LogP) is 3.02. The SMILES string of the molecule is CCc1cc2c(NCc3nc(C(=O)O)cs3)ncnc2s1. The van der Waals surface area contributed by atoms with Crippen molar-refractivity contribution >= 4 is 44.7 Å². The zero-order chi connectivity index (χ0) is 14.8. The number of fused-ring (bicyclic) bond motifs is 1. The highest BCUT2D eigenvalue weighted by Gasteiger charge is 2.11. The minimum atomic E-state index is -1.01. The van der Waals surface area contributed by atoms with E-state index in [1.165, 1.54) is 27.9 Å². The summed E-state index contributed by atoms with van der Waals surface area (Å²) in [6.07, 6.45) is 2.50. The molecule has 0 radical (unpaired) electrons. The summed E-state index contributed by atoms with van der Waals surface area (Å²) in [4.78, 5) is 25.6. The van der Waals surface area contributed by atoms with Crippen LogP contribution >= 0.6 is 22.7 Å². The second-order valence-electron chi connectivity index (χ2n) is 4.29. The van der Waals surface area contributed by atoms with E-state index in [1.54, 1.807) is 11.3 Å². The van der Waals surface area contributed by atoms with Crippen LogP contribution in [0.3, 0.4) is 0 Å². The molecule has 3 aromatic heterocycles. The number of aromatic carboxylic acids is 1. The van der Waals surface area contributed by atoms with E-state index in [1.807, 2.05) is 0 Å². The molecule has 0 saturated carbocycles. The fourth-order valence-corrected chi connectivity index (χ4v) is 3.51. The van der Waals surface area contributed by atoms with E-state index in [0.29, 0.717) is 11.6 Å². The monoisotopic (exact) mass is 320 g/mol. The zero-order valence-electron chi connectivity index (χ0n) is 11.2. The highest BCUT2D eigenvalue weighted by atomic mass is 32.1. The topological polar surface area (TPSA) is 88.0 Å². The lowest BCUT2D eigenvalue weighted by atomic mass is 10.3. The molecule has 0 aliphatic rings. The van der Waals surface area contributed by atoms with Gasteiger partial charge in [-0.05, 0) is 12.5 Å². The van der Waals surface area contributed by atoms with Crippen molar-refractivity contribution in [1.29, 1.82) is 0 Å². The van der Waals surface area contributed by atoms with Gasteiger partial charge in [-0.15, -0.1) is 22.7 Å². The molecule has 6 nitrogen and oxygen atoms in total. The zero-order valence-corrected chi connectivity index (χ0v) is 12.8. The van der Waals surface area contributed by atoms with Crippen LogP contribution < -0.4 is 5.32 Å². The maximum atomic E-state index is 10.8. The molecule has 108 valence electrons.